The molecule has 2 aliphatic rings. The van der Waals surface area contributed by atoms with Crippen molar-refractivity contribution in [3.63, 3.8) is 0 Å². The van der Waals surface area contributed by atoms with Crippen molar-refractivity contribution in [1.29, 1.82) is 0 Å². The lowest BCUT2D eigenvalue weighted by atomic mass is 9.34. The number of para-hydroxylation sites is 4. The van der Waals surface area contributed by atoms with Gasteiger partial charge in [-0.1, -0.05) is 91.0 Å². The summed E-state index contributed by atoms with van der Waals surface area (Å²) < 4.78 is 11.6. The fourth-order valence-electron chi connectivity index (χ4n) is 8.26. The third kappa shape index (κ3) is 3.08. The van der Waals surface area contributed by atoms with Crippen LogP contribution in [-0.2, 0) is 0 Å². The highest BCUT2D eigenvalue weighted by Crippen LogP contribution is 2.40. The quantitative estimate of drug-likeness (QED) is 0.187. The van der Waals surface area contributed by atoms with Crippen LogP contribution in [0.5, 0.6) is 11.5 Å². The van der Waals surface area contributed by atoms with Crippen LogP contribution in [0.4, 0.5) is 0 Å². The Kier molecular flexibility index (Phi) is 4.66. The molecule has 0 N–H and O–H groups in total. The molecule has 0 amide bonds. The second-order valence-electron chi connectivity index (χ2n) is 12.5. The fourth-order valence-corrected chi connectivity index (χ4v) is 8.26. The Morgan fingerprint density at radius 1 is 0.435 bits per heavy atom. The summed E-state index contributed by atoms with van der Waals surface area (Å²) in [5, 5.41) is 5.06. The predicted molar refractivity (Wildman–Crippen MR) is 192 cm³/mol. The van der Waals surface area contributed by atoms with Crippen molar-refractivity contribution >= 4 is 66.7 Å². The third-order valence-corrected chi connectivity index (χ3v) is 10.2. The maximum absolute atomic E-state index is 6.82. The van der Waals surface area contributed by atoms with Crippen LogP contribution in [0, 0.1) is 0 Å². The molecule has 0 bridgehead atoms. The summed E-state index contributed by atoms with van der Waals surface area (Å²) in [6.07, 6.45) is 0. The zero-order valence-corrected chi connectivity index (χ0v) is 24.8. The van der Waals surface area contributed by atoms with E-state index in [2.05, 4.69) is 161 Å². The highest BCUT2D eigenvalue weighted by Gasteiger charge is 2.40. The largest absolute Gasteiger partial charge is 0.458 e. The summed E-state index contributed by atoms with van der Waals surface area (Å²) in [4.78, 5) is 0. The maximum atomic E-state index is 6.82. The number of benzene rings is 7. The number of ether oxygens (including phenoxy) is 1. The van der Waals surface area contributed by atoms with Crippen molar-refractivity contribution in [3.05, 3.63) is 152 Å². The second kappa shape index (κ2) is 8.80. The van der Waals surface area contributed by atoms with E-state index in [0.717, 1.165) is 17.1 Å². The van der Waals surface area contributed by atoms with E-state index in [1.165, 1.54) is 76.9 Å². The molecule has 3 nitrogen and oxygen atoms in total. The van der Waals surface area contributed by atoms with Gasteiger partial charge < -0.3 is 13.9 Å². The summed E-state index contributed by atoms with van der Waals surface area (Å²) in [6.45, 7) is 0.107. The van der Waals surface area contributed by atoms with Crippen molar-refractivity contribution in [2.45, 2.75) is 0 Å². The average Bonchev–Trinajstić information content (AvgIpc) is 3.64. The first-order valence-electron chi connectivity index (χ1n) is 15.9. The lowest BCUT2D eigenvalue weighted by molar-refractivity contribution is 0.488. The van der Waals surface area contributed by atoms with Gasteiger partial charge in [0.1, 0.15) is 11.5 Å². The van der Waals surface area contributed by atoms with Crippen molar-refractivity contribution in [2.75, 3.05) is 0 Å². The molecular weight excluding hydrogens is 559 g/mol. The van der Waals surface area contributed by atoms with Crippen LogP contribution in [0.1, 0.15) is 0 Å². The number of hydrogen-bond donors (Lipinski definition) is 0. The molecule has 0 saturated carbocycles. The zero-order valence-electron chi connectivity index (χ0n) is 24.8. The molecule has 2 aliphatic heterocycles. The van der Waals surface area contributed by atoms with Crippen LogP contribution >= 0.6 is 0 Å². The van der Waals surface area contributed by atoms with Gasteiger partial charge in [0, 0.05) is 32.9 Å². The van der Waals surface area contributed by atoms with Crippen LogP contribution in [-0.4, -0.2) is 15.8 Å². The number of fused-ring (bicyclic) bond motifs is 11. The average molecular weight is 584 g/mol. The minimum Gasteiger partial charge on any atom is -0.458 e. The molecule has 7 aromatic carbocycles. The molecule has 0 fully saturated rings. The van der Waals surface area contributed by atoms with Crippen LogP contribution in [0.2, 0.25) is 0 Å². The topological polar surface area (TPSA) is 19.1 Å². The molecular formula is C42H25BN2O. The minimum atomic E-state index is 0.107. The van der Waals surface area contributed by atoms with Gasteiger partial charge in [-0.2, -0.15) is 0 Å². The van der Waals surface area contributed by atoms with E-state index < -0.39 is 0 Å². The Labute approximate surface area is 265 Å². The molecule has 0 saturated heterocycles. The van der Waals surface area contributed by atoms with Gasteiger partial charge in [-0.3, -0.25) is 0 Å². The molecule has 46 heavy (non-hydrogen) atoms. The second-order valence-corrected chi connectivity index (χ2v) is 12.5. The molecule has 11 rings (SSSR count). The molecule has 0 unspecified atom stereocenters. The molecule has 0 radical (unpaired) electrons. The Hall–Kier alpha value is -6.00. The van der Waals surface area contributed by atoms with Crippen molar-refractivity contribution in [2.24, 2.45) is 0 Å². The van der Waals surface area contributed by atoms with E-state index in [1.54, 1.807) is 0 Å². The van der Waals surface area contributed by atoms with E-state index >= 15 is 0 Å². The molecule has 0 spiro atoms. The Balaban J connectivity index is 1.11. The van der Waals surface area contributed by atoms with Gasteiger partial charge in [-0.25, -0.2) is 0 Å². The normalized spacial score (nSPS) is 12.9. The zero-order chi connectivity index (χ0) is 29.9. The molecule has 4 heterocycles. The first-order valence-corrected chi connectivity index (χ1v) is 15.9. The summed E-state index contributed by atoms with van der Waals surface area (Å²) in [7, 11) is 0. The Morgan fingerprint density at radius 3 is 1.98 bits per heavy atom. The third-order valence-electron chi connectivity index (χ3n) is 10.2. The maximum Gasteiger partial charge on any atom is 0.256 e. The number of hydrogen-bond acceptors (Lipinski definition) is 1. The monoisotopic (exact) mass is 584 g/mol. The first kappa shape index (κ1) is 24.3. The van der Waals surface area contributed by atoms with Gasteiger partial charge in [0.25, 0.3) is 6.71 Å². The standard InChI is InChI=1S/C42H25BN2O/c1-2-10-28(11-3-1)44-35-15-7-5-13-30(35)32-24-26(19-22-37(32)44)27-18-21-34-40(25-27)46-39-23-20-31-29-12-4-8-16-36(29)45-38-17-9-6-14-33(38)43(34)41(39)42(31)45/h1-25H. The van der Waals surface area contributed by atoms with Gasteiger partial charge in [-0.05, 0) is 88.2 Å². The fraction of sp³-hybridized carbons (Fsp3) is 0. The van der Waals surface area contributed by atoms with Gasteiger partial charge in [0.15, 0.2) is 0 Å². The van der Waals surface area contributed by atoms with E-state index in [4.69, 9.17) is 4.74 Å². The van der Waals surface area contributed by atoms with Crippen LogP contribution in [0.25, 0.3) is 66.1 Å². The summed E-state index contributed by atoms with van der Waals surface area (Å²) >= 11 is 0. The number of rotatable bonds is 2. The predicted octanol–water partition coefficient (Wildman–Crippen LogP) is 8.48. The SMILES string of the molecule is c1ccc(-n2c3ccccc3c3cc(-c4ccc5c(c4)Oc4ccc6c7ccccc7n7c6c4B5c4ccccc4-7)ccc32)cc1. The van der Waals surface area contributed by atoms with Crippen LogP contribution in [0.15, 0.2) is 152 Å². The lowest BCUT2D eigenvalue weighted by Crippen LogP contribution is -2.58. The van der Waals surface area contributed by atoms with E-state index in [9.17, 15) is 0 Å². The molecule has 0 atom stereocenters. The van der Waals surface area contributed by atoms with E-state index in [-0.39, 0.29) is 6.71 Å². The lowest BCUT2D eigenvalue weighted by Gasteiger charge is -2.33. The smallest absolute Gasteiger partial charge is 0.256 e. The van der Waals surface area contributed by atoms with Gasteiger partial charge in [0.05, 0.1) is 22.1 Å². The molecule has 4 heteroatoms. The molecule has 2 aromatic heterocycles. The summed E-state index contributed by atoms with van der Waals surface area (Å²) in [6, 6.07) is 55.0. The van der Waals surface area contributed by atoms with Gasteiger partial charge in [-0.15, -0.1) is 0 Å². The van der Waals surface area contributed by atoms with E-state index in [1.807, 2.05) is 0 Å². The Bertz CT molecular complexity index is 2740. The Morgan fingerprint density at radius 2 is 1.11 bits per heavy atom. The van der Waals surface area contributed by atoms with Crippen LogP contribution in [0.3, 0.4) is 0 Å². The van der Waals surface area contributed by atoms with Crippen molar-refractivity contribution in [3.8, 4) is 34.0 Å². The molecule has 212 valence electrons. The van der Waals surface area contributed by atoms with Gasteiger partial charge in [0.2, 0.25) is 0 Å². The van der Waals surface area contributed by atoms with Crippen molar-refractivity contribution in [1.82, 2.24) is 9.13 Å². The highest BCUT2D eigenvalue weighted by atomic mass is 16.5. The minimum absolute atomic E-state index is 0.107. The first-order chi connectivity index (χ1) is 22.8. The van der Waals surface area contributed by atoms with E-state index in [0.29, 0.717) is 0 Å². The summed E-state index contributed by atoms with van der Waals surface area (Å²) in [5.74, 6) is 1.88. The summed E-state index contributed by atoms with van der Waals surface area (Å²) in [5.41, 5.74) is 13.5. The number of aromatic nitrogens is 2. The van der Waals surface area contributed by atoms with Crippen LogP contribution < -0.4 is 21.1 Å². The van der Waals surface area contributed by atoms with Crippen molar-refractivity contribution < 1.29 is 4.74 Å². The molecule has 9 aromatic rings. The highest BCUT2D eigenvalue weighted by molar-refractivity contribution is 6.99. The van der Waals surface area contributed by atoms with Gasteiger partial charge >= 0.3 is 0 Å². The molecule has 0 aliphatic carbocycles. The number of nitrogens with zero attached hydrogens (tertiary/aromatic N) is 2.